The highest BCUT2D eigenvalue weighted by molar-refractivity contribution is 5.32. The molecule has 0 radical (unpaired) electrons. The third kappa shape index (κ3) is 3.47. The molecule has 3 heteroatoms. The molecule has 0 amide bonds. The van der Waals surface area contributed by atoms with Gasteiger partial charge in [-0.1, -0.05) is 31.2 Å². The largest absolute Gasteiger partial charge is 0.309 e. The topological polar surface area (TPSA) is 18.5 Å². The molecule has 0 bridgehead atoms. The molecular formula is C18H29N3. The molecule has 2 aliphatic rings. The molecule has 3 nitrogen and oxygen atoms in total. The Morgan fingerprint density at radius 2 is 2.14 bits per heavy atom. The Balaban J connectivity index is 1.59. The van der Waals surface area contributed by atoms with Crippen LogP contribution >= 0.6 is 0 Å². The van der Waals surface area contributed by atoms with Gasteiger partial charge in [0.05, 0.1) is 0 Å². The molecule has 1 aromatic carbocycles. The van der Waals surface area contributed by atoms with Gasteiger partial charge in [-0.2, -0.15) is 0 Å². The van der Waals surface area contributed by atoms with E-state index in [1.54, 1.807) is 0 Å². The average Bonchev–Trinajstić information content (AvgIpc) is 2.94. The van der Waals surface area contributed by atoms with E-state index in [2.05, 4.69) is 53.4 Å². The van der Waals surface area contributed by atoms with Crippen molar-refractivity contribution in [2.45, 2.75) is 38.3 Å². The molecule has 1 N–H and O–H groups in total. The Morgan fingerprint density at radius 3 is 3.00 bits per heavy atom. The lowest BCUT2D eigenvalue weighted by Gasteiger charge is -2.33. The van der Waals surface area contributed by atoms with E-state index in [4.69, 9.17) is 0 Å². The molecule has 21 heavy (non-hydrogen) atoms. The zero-order valence-corrected chi connectivity index (χ0v) is 13.5. The molecule has 2 atom stereocenters. The summed E-state index contributed by atoms with van der Waals surface area (Å²) in [6.07, 6.45) is 3.91. The van der Waals surface area contributed by atoms with Crippen LogP contribution in [-0.4, -0.2) is 55.6 Å². The van der Waals surface area contributed by atoms with Crippen molar-refractivity contribution in [2.75, 3.05) is 39.8 Å². The molecular weight excluding hydrogens is 258 g/mol. The molecule has 0 aromatic heterocycles. The van der Waals surface area contributed by atoms with Crippen molar-refractivity contribution in [3.63, 3.8) is 0 Å². The lowest BCUT2D eigenvalue weighted by atomic mass is 9.94. The third-order valence-electron chi connectivity index (χ3n) is 5.14. The summed E-state index contributed by atoms with van der Waals surface area (Å²) in [6.45, 7) is 8.21. The summed E-state index contributed by atoms with van der Waals surface area (Å²) >= 11 is 0. The van der Waals surface area contributed by atoms with Gasteiger partial charge >= 0.3 is 0 Å². The van der Waals surface area contributed by atoms with E-state index in [1.165, 1.54) is 50.0 Å². The van der Waals surface area contributed by atoms with Gasteiger partial charge in [-0.05, 0) is 57.1 Å². The van der Waals surface area contributed by atoms with Gasteiger partial charge in [0.1, 0.15) is 0 Å². The van der Waals surface area contributed by atoms with Crippen LogP contribution in [0.3, 0.4) is 0 Å². The Bertz CT molecular complexity index is 460. The van der Waals surface area contributed by atoms with Crippen LogP contribution in [0.2, 0.25) is 0 Å². The summed E-state index contributed by atoms with van der Waals surface area (Å²) in [5.41, 5.74) is 3.04. The maximum Gasteiger partial charge on any atom is 0.0452 e. The van der Waals surface area contributed by atoms with E-state index >= 15 is 0 Å². The lowest BCUT2D eigenvalue weighted by molar-refractivity contribution is 0.187. The summed E-state index contributed by atoms with van der Waals surface area (Å²) in [6, 6.07) is 10.2. The number of likely N-dealkylation sites (N-methyl/N-ethyl adjacent to an activating group) is 2. The number of nitrogens with zero attached hydrogens (tertiary/aromatic N) is 2. The van der Waals surface area contributed by atoms with Gasteiger partial charge < -0.3 is 10.2 Å². The second-order valence-electron chi connectivity index (χ2n) is 6.60. The molecule has 0 spiro atoms. The summed E-state index contributed by atoms with van der Waals surface area (Å²) in [5, 5.41) is 3.70. The minimum atomic E-state index is 0.497. The molecule has 2 aliphatic heterocycles. The van der Waals surface area contributed by atoms with E-state index in [0.717, 1.165) is 19.1 Å². The van der Waals surface area contributed by atoms with Crippen molar-refractivity contribution in [1.82, 2.24) is 15.1 Å². The third-order valence-corrected chi connectivity index (χ3v) is 5.14. The smallest absolute Gasteiger partial charge is 0.0452 e. The maximum absolute atomic E-state index is 3.70. The fourth-order valence-electron chi connectivity index (χ4n) is 4.02. The monoisotopic (exact) mass is 287 g/mol. The number of hydrogen-bond acceptors (Lipinski definition) is 3. The van der Waals surface area contributed by atoms with Crippen LogP contribution in [0.15, 0.2) is 24.3 Å². The molecule has 0 saturated carbocycles. The average molecular weight is 287 g/mol. The van der Waals surface area contributed by atoms with Gasteiger partial charge in [0.25, 0.3) is 0 Å². The van der Waals surface area contributed by atoms with Gasteiger partial charge in [-0.15, -0.1) is 0 Å². The highest BCUT2D eigenvalue weighted by Crippen LogP contribution is 2.24. The molecule has 1 aromatic rings. The lowest BCUT2D eigenvalue weighted by Crippen LogP contribution is -2.43. The van der Waals surface area contributed by atoms with Crippen molar-refractivity contribution in [3.05, 3.63) is 35.4 Å². The van der Waals surface area contributed by atoms with E-state index < -0.39 is 0 Å². The predicted molar refractivity (Wildman–Crippen MR) is 88.7 cm³/mol. The van der Waals surface area contributed by atoms with Crippen molar-refractivity contribution in [3.8, 4) is 0 Å². The number of likely N-dealkylation sites (tertiary alicyclic amines) is 1. The minimum Gasteiger partial charge on any atom is -0.309 e. The van der Waals surface area contributed by atoms with E-state index in [-0.39, 0.29) is 0 Å². The summed E-state index contributed by atoms with van der Waals surface area (Å²) in [4.78, 5) is 5.16. The molecule has 116 valence electrons. The van der Waals surface area contributed by atoms with Crippen LogP contribution in [0.5, 0.6) is 0 Å². The summed E-state index contributed by atoms with van der Waals surface area (Å²) < 4.78 is 0. The normalized spacial score (nSPS) is 26.2. The summed E-state index contributed by atoms with van der Waals surface area (Å²) in [5.74, 6) is 0. The first-order valence-corrected chi connectivity index (χ1v) is 8.51. The van der Waals surface area contributed by atoms with Crippen LogP contribution in [0, 0.1) is 0 Å². The highest BCUT2D eigenvalue weighted by Gasteiger charge is 2.26. The second kappa shape index (κ2) is 6.91. The van der Waals surface area contributed by atoms with Crippen molar-refractivity contribution >= 4 is 0 Å². The molecule has 1 saturated heterocycles. The minimum absolute atomic E-state index is 0.497. The first kappa shape index (κ1) is 15.0. The number of nitrogens with one attached hydrogen (secondary N) is 1. The zero-order valence-electron chi connectivity index (χ0n) is 13.5. The first-order chi connectivity index (χ1) is 10.3. The van der Waals surface area contributed by atoms with E-state index in [1.807, 2.05) is 0 Å². The van der Waals surface area contributed by atoms with Crippen LogP contribution < -0.4 is 5.32 Å². The molecule has 2 heterocycles. The summed E-state index contributed by atoms with van der Waals surface area (Å²) in [7, 11) is 2.28. The fourth-order valence-corrected chi connectivity index (χ4v) is 4.02. The number of benzene rings is 1. The van der Waals surface area contributed by atoms with Crippen LogP contribution in [-0.2, 0) is 6.42 Å². The Morgan fingerprint density at radius 1 is 1.29 bits per heavy atom. The number of hydrogen-bond donors (Lipinski definition) is 1. The van der Waals surface area contributed by atoms with E-state index in [0.29, 0.717) is 6.04 Å². The van der Waals surface area contributed by atoms with Crippen molar-refractivity contribution in [1.29, 1.82) is 0 Å². The van der Waals surface area contributed by atoms with Gasteiger partial charge in [-0.3, -0.25) is 4.90 Å². The van der Waals surface area contributed by atoms with Crippen LogP contribution in [0.1, 0.15) is 36.9 Å². The molecule has 0 aliphatic carbocycles. The Kier molecular flexibility index (Phi) is 4.94. The zero-order chi connectivity index (χ0) is 14.7. The predicted octanol–water partition coefficient (Wildman–Crippen LogP) is 2.29. The van der Waals surface area contributed by atoms with Gasteiger partial charge in [0, 0.05) is 25.2 Å². The number of rotatable bonds is 5. The highest BCUT2D eigenvalue weighted by atomic mass is 15.2. The van der Waals surface area contributed by atoms with Crippen molar-refractivity contribution in [2.24, 2.45) is 0 Å². The van der Waals surface area contributed by atoms with Gasteiger partial charge in [0.2, 0.25) is 0 Å². The van der Waals surface area contributed by atoms with Gasteiger partial charge in [-0.25, -0.2) is 0 Å². The number of fused-ring (bicyclic) bond motifs is 1. The van der Waals surface area contributed by atoms with Crippen LogP contribution in [0.4, 0.5) is 0 Å². The second-order valence-corrected chi connectivity index (χ2v) is 6.60. The van der Waals surface area contributed by atoms with Crippen molar-refractivity contribution < 1.29 is 0 Å². The van der Waals surface area contributed by atoms with E-state index in [9.17, 15) is 0 Å². The molecule has 3 rings (SSSR count). The van der Waals surface area contributed by atoms with Gasteiger partial charge in [0.15, 0.2) is 0 Å². The maximum atomic E-state index is 3.70. The molecule has 2 unspecified atom stereocenters. The SMILES string of the molecule is CCN1CCCC1CN(C)CC1NCCc2ccccc21. The first-order valence-electron chi connectivity index (χ1n) is 8.51. The quantitative estimate of drug-likeness (QED) is 0.896. The standard InChI is InChI=1S/C18H29N3/c1-3-21-12-6-8-16(21)13-20(2)14-18-17-9-5-4-7-15(17)10-11-19-18/h4-5,7,9,16,18-19H,3,6,8,10-14H2,1-2H3. The Labute approximate surface area is 129 Å². The van der Waals surface area contributed by atoms with Crippen LogP contribution in [0.25, 0.3) is 0 Å². The molecule has 1 fully saturated rings. The fraction of sp³-hybridized carbons (Fsp3) is 0.667. The Hall–Kier alpha value is -0.900.